The lowest BCUT2D eigenvalue weighted by molar-refractivity contribution is -0.141. The molecule has 1 aromatic heterocycles. The number of nitrogens with zero attached hydrogens (tertiary/aromatic N) is 1. The molecule has 2 bridgehead atoms. The maximum absolute atomic E-state index is 12.7. The molecule has 1 aromatic carbocycles. The molecule has 5 nitrogen and oxygen atoms in total. The van der Waals surface area contributed by atoms with E-state index in [1.54, 1.807) is 12.1 Å². The van der Waals surface area contributed by atoms with Crippen LogP contribution in [0, 0.1) is 0 Å². The molecular weight excluding hydrogens is 359 g/mol. The fourth-order valence-electron chi connectivity index (χ4n) is 3.66. The van der Waals surface area contributed by atoms with E-state index >= 15 is 0 Å². The van der Waals surface area contributed by atoms with Gasteiger partial charge in [-0.1, -0.05) is 6.07 Å². The molecule has 3 unspecified atom stereocenters. The van der Waals surface area contributed by atoms with Crippen LogP contribution in [0.1, 0.15) is 35.3 Å². The standard InChI is InChI=1S/C19H18F3N3O2/c20-19(21,22)16-2-1-3-17(25-16)27-13-7-4-11(5-8-13)18(26)24-15-10-12-6-9-14(15)23-12/h1-5,7-8,12,14-15,23H,6,9-10H2,(H,24,26). The van der Waals surface area contributed by atoms with Gasteiger partial charge in [0.2, 0.25) is 5.88 Å². The summed E-state index contributed by atoms with van der Waals surface area (Å²) in [6.45, 7) is 0. The van der Waals surface area contributed by atoms with Gasteiger partial charge in [0.25, 0.3) is 5.91 Å². The third-order valence-electron chi connectivity index (χ3n) is 4.97. The minimum Gasteiger partial charge on any atom is -0.439 e. The van der Waals surface area contributed by atoms with Gasteiger partial charge in [-0.2, -0.15) is 13.2 Å². The highest BCUT2D eigenvalue weighted by atomic mass is 19.4. The lowest BCUT2D eigenvalue weighted by Crippen LogP contribution is -2.42. The van der Waals surface area contributed by atoms with Crippen LogP contribution in [0.5, 0.6) is 11.6 Å². The molecule has 2 N–H and O–H groups in total. The normalized spacial score (nSPS) is 24.0. The number of halogens is 3. The van der Waals surface area contributed by atoms with Gasteiger partial charge in [-0.3, -0.25) is 4.79 Å². The Labute approximate surface area is 153 Å². The third kappa shape index (κ3) is 3.90. The van der Waals surface area contributed by atoms with Crippen molar-refractivity contribution < 1.29 is 22.7 Å². The van der Waals surface area contributed by atoms with Gasteiger partial charge in [0.05, 0.1) is 0 Å². The number of alkyl halides is 3. The Balaban J connectivity index is 1.39. The Kier molecular flexibility index (Phi) is 4.51. The van der Waals surface area contributed by atoms with Crippen LogP contribution < -0.4 is 15.4 Å². The van der Waals surface area contributed by atoms with Gasteiger partial charge < -0.3 is 15.4 Å². The zero-order valence-electron chi connectivity index (χ0n) is 14.3. The number of carbonyl (C=O) groups excluding carboxylic acids is 1. The second-order valence-electron chi connectivity index (χ2n) is 6.85. The number of hydrogen-bond acceptors (Lipinski definition) is 4. The molecular formula is C19H18F3N3O2. The van der Waals surface area contributed by atoms with Crippen LogP contribution in [0.4, 0.5) is 13.2 Å². The molecule has 3 heterocycles. The van der Waals surface area contributed by atoms with E-state index in [1.807, 2.05) is 0 Å². The molecule has 27 heavy (non-hydrogen) atoms. The Bertz CT molecular complexity index is 839. The molecule has 2 aliphatic heterocycles. The van der Waals surface area contributed by atoms with E-state index in [4.69, 9.17) is 4.74 Å². The highest BCUT2D eigenvalue weighted by Gasteiger charge is 2.39. The summed E-state index contributed by atoms with van der Waals surface area (Å²) in [6, 6.07) is 10.7. The van der Waals surface area contributed by atoms with Crippen molar-refractivity contribution in [2.75, 3.05) is 0 Å². The van der Waals surface area contributed by atoms with Gasteiger partial charge in [-0.05, 0) is 49.6 Å². The summed E-state index contributed by atoms with van der Waals surface area (Å²) < 4.78 is 43.5. The first-order valence-electron chi connectivity index (χ1n) is 8.77. The lowest BCUT2D eigenvalue weighted by atomic mass is 9.95. The smallest absolute Gasteiger partial charge is 0.433 e. The van der Waals surface area contributed by atoms with E-state index in [0.29, 0.717) is 23.4 Å². The summed E-state index contributed by atoms with van der Waals surface area (Å²) in [4.78, 5) is 15.8. The molecule has 0 radical (unpaired) electrons. The Hall–Kier alpha value is -2.61. The van der Waals surface area contributed by atoms with Gasteiger partial charge in [0.1, 0.15) is 11.4 Å². The van der Waals surface area contributed by atoms with Crippen LogP contribution in [0.25, 0.3) is 0 Å². The quantitative estimate of drug-likeness (QED) is 0.856. The maximum atomic E-state index is 12.7. The molecule has 4 rings (SSSR count). The van der Waals surface area contributed by atoms with Crippen molar-refractivity contribution >= 4 is 5.91 Å². The molecule has 0 saturated carbocycles. The number of aromatic nitrogens is 1. The van der Waals surface area contributed by atoms with Gasteiger partial charge >= 0.3 is 6.18 Å². The van der Waals surface area contributed by atoms with Crippen LogP contribution in [-0.2, 0) is 6.18 Å². The van der Waals surface area contributed by atoms with Crippen molar-refractivity contribution in [3.05, 3.63) is 53.7 Å². The van der Waals surface area contributed by atoms with E-state index in [0.717, 1.165) is 25.3 Å². The zero-order valence-corrected chi connectivity index (χ0v) is 14.3. The van der Waals surface area contributed by atoms with Crippen molar-refractivity contribution in [2.24, 2.45) is 0 Å². The van der Waals surface area contributed by atoms with E-state index in [9.17, 15) is 18.0 Å². The molecule has 142 valence electrons. The summed E-state index contributed by atoms with van der Waals surface area (Å²) in [7, 11) is 0. The number of hydrogen-bond donors (Lipinski definition) is 2. The number of pyridine rings is 1. The van der Waals surface area contributed by atoms with Crippen molar-refractivity contribution in [1.82, 2.24) is 15.6 Å². The Morgan fingerprint density at radius 1 is 1.15 bits per heavy atom. The van der Waals surface area contributed by atoms with Gasteiger partial charge in [-0.25, -0.2) is 4.98 Å². The average Bonchev–Trinajstić information content (AvgIpc) is 3.25. The number of carbonyl (C=O) groups is 1. The summed E-state index contributed by atoms with van der Waals surface area (Å²) in [5, 5.41) is 6.50. The molecule has 0 spiro atoms. The van der Waals surface area contributed by atoms with Crippen LogP contribution in [0.3, 0.4) is 0 Å². The third-order valence-corrected chi connectivity index (χ3v) is 4.97. The number of amides is 1. The van der Waals surface area contributed by atoms with E-state index in [-0.39, 0.29) is 17.8 Å². The predicted molar refractivity (Wildman–Crippen MR) is 91.6 cm³/mol. The first kappa shape index (κ1) is 17.8. The van der Waals surface area contributed by atoms with Crippen molar-refractivity contribution in [3.63, 3.8) is 0 Å². The first-order chi connectivity index (χ1) is 12.9. The maximum Gasteiger partial charge on any atom is 0.433 e. The number of rotatable bonds is 4. The first-order valence-corrected chi connectivity index (χ1v) is 8.77. The van der Waals surface area contributed by atoms with Crippen LogP contribution in [0.2, 0.25) is 0 Å². The zero-order chi connectivity index (χ0) is 19.0. The number of nitrogens with one attached hydrogen (secondary N) is 2. The van der Waals surface area contributed by atoms with Gasteiger partial charge in [-0.15, -0.1) is 0 Å². The molecule has 1 amide bonds. The molecule has 2 aliphatic rings. The molecule has 2 fully saturated rings. The molecule has 0 aliphatic carbocycles. The fourth-order valence-corrected chi connectivity index (χ4v) is 3.66. The van der Waals surface area contributed by atoms with Crippen LogP contribution in [-0.4, -0.2) is 29.0 Å². The number of benzene rings is 1. The number of ether oxygens (including phenoxy) is 1. The number of fused-ring (bicyclic) bond motifs is 2. The van der Waals surface area contributed by atoms with Gasteiger partial charge in [0, 0.05) is 29.8 Å². The van der Waals surface area contributed by atoms with Gasteiger partial charge in [0.15, 0.2) is 0 Å². The second kappa shape index (κ2) is 6.84. The van der Waals surface area contributed by atoms with E-state index < -0.39 is 11.9 Å². The van der Waals surface area contributed by atoms with E-state index in [1.165, 1.54) is 24.3 Å². The molecule has 3 atom stereocenters. The van der Waals surface area contributed by atoms with Crippen LogP contribution >= 0.6 is 0 Å². The monoisotopic (exact) mass is 377 g/mol. The van der Waals surface area contributed by atoms with Crippen molar-refractivity contribution in [3.8, 4) is 11.6 Å². The predicted octanol–water partition coefficient (Wildman–Crippen LogP) is 3.52. The average molecular weight is 377 g/mol. The summed E-state index contributed by atoms with van der Waals surface area (Å²) in [6.07, 6.45) is -1.35. The summed E-state index contributed by atoms with van der Waals surface area (Å²) in [5.74, 6) is -0.0202. The minimum absolute atomic E-state index is 0.140. The van der Waals surface area contributed by atoms with Crippen LogP contribution in [0.15, 0.2) is 42.5 Å². The highest BCUT2D eigenvalue weighted by Crippen LogP contribution is 2.30. The minimum atomic E-state index is -4.53. The second-order valence-corrected chi connectivity index (χ2v) is 6.85. The molecule has 2 saturated heterocycles. The summed E-state index contributed by atoms with van der Waals surface area (Å²) in [5.41, 5.74) is -0.544. The topological polar surface area (TPSA) is 63.2 Å². The highest BCUT2D eigenvalue weighted by molar-refractivity contribution is 5.94. The van der Waals surface area contributed by atoms with Crippen molar-refractivity contribution in [2.45, 2.75) is 43.6 Å². The Morgan fingerprint density at radius 3 is 2.56 bits per heavy atom. The largest absolute Gasteiger partial charge is 0.439 e. The lowest BCUT2D eigenvalue weighted by Gasteiger charge is -2.21. The molecule has 8 heteroatoms. The summed E-state index contributed by atoms with van der Waals surface area (Å²) >= 11 is 0. The fraction of sp³-hybridized carbons (Fsp3) is 0.368. The van der Waals surface area contributed by atoms with E-state index in [2.05, 4.69) is 15.6 Å². The Morgan fingerprint density at radius 2 is 1.93 bits per heavy atom. The SMILES string of the molecule is O=C(NC1CC2CCC1N2)c1ccc(Oc2cccc(C(F)(F)F)n2)cc1. The van der Waals surface area contributed by atoms with Crippen molar-refractivity contribution in [1.29, 1.82) is 0 Å². The molecule has 2 aromatic rings.